The fraction of sp³-hybridized carbons (Fsp3) is 0.462. The first kappa shape index (κ1) is 11.1. The second-order valence-corrected chi connectivity index (χ2v) is 4.20. The number of benzene rings is 1. The van der Waals surface area contributed by atoms with Crippen LogP contribution in [-0.2, 0) is 6.42 Å². The van der Waals surface area contributed by atoms with E-state index < -0.39 is 0 Å². The highest BCUT2D eigenvalue weighted by Crippen LogP contribution is 2.11. The highest BCUT2D eigenvalue weighted by molar-refractivity contribution is 5.74. The first-order chi connectivity index (χ1) is 7.79. The van der Waals surface area contributed by atoms with Crippen LogP contribution in [0, 0.1) is 0 Å². The van der Waals surface area contributed by atoms with Crippen molar-refractivity contribution in [3.05, 3.63) is 30.1 Å². The topological polar surface area (TPSA) is 31.9 Å². The van der Waals surface area contributed by atoms with E-state index in [1.54, 1.807) is 0 Å². The molecule has 16 heavy (non-hydrogen) atoms. The van der Waals surface area contributed by atoms with Crippen LogP contribution in [0.3, 0.4) is 0 Å². The molecule has 0 bridgehead atoms. The highest BCUT2D eigenvalue weighted by atomic mass is 15.1. The lowest BCUT2D eigenvalue weighted by Crippen LogP contribution is -2.19. The molecule has 0 radical (unpaired) electrons. The molecule has 1 aromatic carbocycles. The van der Waals surface area contributed by atoms with Crippen LogP contribution in [0.4, 0.5) is 0 Å². The molecule has 0 saturated heterocycles. The van der Waals surface area contributed by atoms with Gasteiger partial charge in [-0.15, -0.1) is 0 Å². The molecule has 1 N–H and O–H groups in total. The smallest absolute Gasteiger partial charge is 0.107 e. The number of nitrogens with zero attached hydrogens (tertiary/aromatic N) is 2. The van der Waals surface area contributed by atoms with Gasteiger partial charge in [-0.1, -0.05) is 19.1 Å². The molecule has 86 valence electrons. The van der Waals surface area contributed by atoms with Crippen molar-refractivity contribution in [3.63, 3.8) is 0 Å². The third kappa shape index (κ3) is 2.61. The Morgan fingerprint density at radius 2 is 2.12 bits per heavy atom. The van der Waals surface area contributed by atoms with Gasteiger partial charge >= 0.3 is 0 Å². The minimum atomic E-state index is 1.03. The number of hydrogen-bond acceptors (Lipinski definition) is 2. The third-order valence-electron chi connectivity index (χ3n) is 2.93. The molecule has 1 aromatic heterocycles. The van der Waals surface area contributed by atoms with Gasteiger partial charge in [0.1, 0.15) is 5.82 Å². The Labute approximate surface area is 96.5 Å². The van der Waals surface area contributed by atoms with Gasteiger partial charge in [-0.3, -0.25) is 0 Å². The van der Waals surface area contributed by atoms with E-state index in [1.807, 2.05) is 18.2 Å². The number of aromatic amines is 1. The first-order valence-electron chi connectivity index (χ1n) is 5.91. The fourth-order valence-electron chi connectivity index (χ4n) is 1.80. The lowest BCUT2D eigenvalue weighted by atomic mass is 10.3. The van der Waals surface area contributed by atoms with E-state index in [2.05, 4.69) is 34.9 Å². The van der Waals surface area contributed by atoms with Gasteiger partial charge in [0.05, 0.1) is 11.0 Å². The molecule has 0 aliphatic carbocycles. The maximum Gasteiger partial charge on any atom is 0.107 e. The molecule has 0 spiro atoms. The summed E-state index contributed by atoms with van der Waals surface area (Å²) in [6.45, 7) is 4.43. The van der Waals surface area contributed by atoms with Gasteiger partial charge < -0.3 is 9.88 Å². The Kier molecular flexibility index (Phi) is 3.57. The number of rotatable bonds is 5. The molecule has 3 heteroatoms. The van der Waals surface area contributed by atoms with Gasteiger partial charge in [0, 0.05) is 6.42 Å². The van der Waals surface area contributed by atoms with Gasteiger partial charge in [0.15, 0.2) is 0 Å². The third-order valence-corrected chi connectivity index (χ3v) is 2.93. The number of hydrogen-bond donors (Lipinski definition) is 1. The Morgan fingerprint density at radius 3 is 2.88 bits per heavy atom. The minimum absolute atomic E-state index is 1.03. The molecule has 2 rings (SSSR count). The van der Waals surface area contributed by atoms with Crippen LogP contribution in [-0.4, -0.2) is 35.0 Å². The molecular formula is C13H19N3. The summed E-state index contributed by atoms with van der Waals surface area (Å²) in [7, 11) is 2.15. The second kappa shape index (κ2) is 5.12. The van der Waals surface area contributed by atoms with Crippen molar-refractivity contribution in [2.75, 3.05) is 20.1 Å². The average Bonchev–Trinajstić information content (AvgIpc) is 2.71. The standard InChI is InChI=1S/C13H19N3/c1-3-16(2)10-6-9-13-14-11-7-4-5-8-12(11)15-13/h4-5,7-8H,3,6,9-10H2,1-2H3,(H,14,15). The van der Waals surface area contributed by atoms with E-state index in [1.165, 1.54) is 0 Å². The maximum atomic E-state index is 4.56. The molecule has 3 nitrogen and oxygen atoms in total. The maximum absolute atomic E-state index is 4.56. The lowest BCUT2D eigenvalue weighted by molar-refractivity contribution is 0.346. The molecule has 1 heterocycles. The van der Waals surface area contributed by atoms with Crippen molar-refractivity contribution < 1.29 is 0 Å². The van der Waals surface area contributed by atoms with Gasteiger partial charge in [-0.2, -0.15) is 0 Å². The molecular weight excluding hydrogens is 198 g/mol. The monoisotopic (exact) mass is 217 g/mol. The van der Waals surface area contributed by atoms with Crippen LogP contribution in [0.1, 0.15) is 19.2 Å². The molecule has 0 amide bonds. The Bertz CT molecular complexity index is 414. The van der Waals surface area contributed by atoms with E-state index in [-0.39, 0.29) is 0 Å². The van der Waals surface area contributed by atoms with E-state index >= 15 is 0 Å². The van der Waals surface area contributed by atoms with Crippen LogP contribution in [0.5, 0.6) is 0 Å². The normalized spacial score (nSPS) is 11.4. The summed E-state index contributed by atoms with van der Waals surface area (Å²) in [5.41, 5.74) is 2.21. The average molecular weight is 217 g/mol. The fourth-order valence-corrected chi connectivity index (χ4v) is 1.80. The van der Waals surface area contributed by atoms with E-state index in [0.29, 0.717) is 0 Å². The summed E-state index contributed by atoms with van der Waals surface area (Å²) in [4.78, 5) is 10.2. The highest BCUT2D eigenvalue weighted by Gasteiger charge is 2.02. The summed E-state index contributed by atoms with van der Waals surface area (Å²) < 4.78 is 0. The Hall–Kier alpha value is -1.35. The largest absolute Gasteiger partial charge is 0.342 e. The van der Waals surface area contributed by atoms with Crippen LogP contribution in [0.2, 0.25) is 0 Å². The predicted molar refractivity (Wildman–Crippen MR) is 67.6 cm³/mol. The number of para-hydroxylation sites is 2. The van der Waals surface area contributed by atoms with E-state index in [4.69, 9.17) is 0 Å². The van der Waals surface area contributed by atoms with E-state index in [9.17, 15) is 0 Å². The predicted octanol–water partition coefficient (Wildman–Crippen LogP) is 2.45. The van der Waals surface area contributed by atoms with Crippen molar-refractivity contribution in [2.24, 2.45) is 0 Å². The lowest BCUT2D eigenvalue weighted by Gasteiger charge is -2.12. The van der Waals surface area contributed by atoms with Crippen molar-refractivity contribution in [3.8, 4) is 0 Å². The zero-order chi connectivity index (χ0) is 11.4. The molecule has 0 fully saturated rings. The van der Waals surface area contributed by atoms with Crippen LogP contribution in [0.15, 0.2) is 24.3 Å². The summed E-state index contributed by atoms with van der Waals surface area (Å²) in [5, 5.41) is 0. The summed E-state index contributed by atoms with van der Waals surface area (Å²) >= 11 is 0. The van der Waals surface area contributed by atoms with Crippen molar-refractivity contribution in [2.45, 2.75) is 19.8 Å². The molecule has 2 aromatic rings. The molecule has 0 saturated carbocycles. The van der Waals surface area contributed by atoms with Crippen LogP contribution < -0.4 is 0 Å². The van der Waals surface area contributed by atoms with Crippen LogP contribution >= 0.6 is 0 Å². The van der Waals surface area contributed by atoms with Crippen molar-refractivity contribution in [1.29, 1.82) is 0 Å². The Morgan fingerprint density at radius 1 is 1.31 bits per heavy atom. The van der Waals surface area contributed by atoms with Crippen molar-refractivity contribution >= 4 is 11.0 Å². The molecule has 0 aliphatic heterocycles. The van der Waals surface area contributed by atoms with Crippen LogP contribution in [0.25, 0.3) is 11.0 Å². The summed E-state index contributed by atoms with van der Waals surface area (Å²) in [6, 6.07) is 8.18. The number of H-pyrrole nitrogens is 1. The zero-order valence-electron chi connectivity index (χ0n) is 10.0. The molecule has 0 aliphatic rings. The Balaban J connectivity index is 1.94. The summed E-state index contributed by atoms with van der Waals surface area (Å²) in [6.07, 6.45) is 2.18. The number of aryl methyl sites for hydroxylation is 1. The van der Waals surface area contributed by atoms with Crippen molar-refractivity contribution in [1.82, 2.24) is 14.9 Å². The number of aromatic nitrogens is 2. The number of imidazole rings is 1. The number of fused-ring (bicyclic) bond motifs is 1. The minimum Gasteiger partial charge on any atom is -0.342 e. The SMILES string of the molecule is CCN(C)CCCc1nc2ccccc2[nH]1. The quantitative estimate of drug-likeness (QED) is 0.834. The molecule has 0 atom stereocenters. The summed E-state index contributed by atoms with van der Waals surface area (Å²) in [5.74, 6) is 1.10. The first-order valence-corrected chi connectivity index (χ1v) is 5.91. The van der Waals surface area contributed by atoms with Gasteiger partial charge in [0.2, 0.25) is 0 Å². The second-order valence-electron chi connectivity index (χ2n) is 4.20. The van der Waals surface area contributed by atoms with Gasteiger partial charge in [-0.05, 0) is 38.7 Å². The molecule has 0 unspecified atom stereocenters. The van der Waals surface area contributed by atoms with Gasteiger partial charge in [0.25, 0.3) is 0 Å². The van der Waals surface area contributed by atoms with E-state index in [0.717, 1.165) is 42.8 Å². The van der Waals surface area contributed by atoms with Gasteiger partial charge in [-0.25, -0.2) is 4.98 Å². The number of nitrogens with one attached hydrogen (secondary N) is 1. The zero-order valence-corrected chi connectivity index (χ0v) is 10.0.